The molecule has 1 amide bonds. The number of amides is 1. The summed E-state index contributed by atoms with van der Waals surface area (Å²) < 4.78 is 0.911. The highest BCUT2D eigenvalue weighted by Crippen LogP contribution is 2.17. The lowest BCUT2D eigenvalue weighted by Crippen LogP contribution is -2.16. The van der Waals surface area contributed by atoms with Crippen LogP contribution in [0.5, 0.6) is 0 Å². The van der Waals surface area contributed by atoms with Crippen LogP contribution in [0.15, 0.2) is 34.9 Å². The van der Waals surface area contributed by atoms with Crippen LogP contribution in [0.2, 0.25) is 0 Å². The standard InChI is InChI=1S/C14H15BrN4O/c1-9-11(15)4-5-12(17-9)18-14(20)10-6-7-16-13(8-10)19(2)3/h4-8H,1-3H3,(H,17,18,20). The van der Waals surface area contributed by atoms with Gasteiger partial charge in [-0.15, -0.1) is 0 Å². The highest BCUT2D eigenvalue weighted by atomic mass is 79.9. The molecule has 0 radical (unpaired) electrons. The second-order valence-electron chi connectivity index (χ2n) is 4.51. The molecule has 0 aliphatic carbocycles. The van der Waals surface area contributed by atoms with Gasteiger partial charge in [-0.1, -0.05) is 0 Å². The topological polar surface area (TPSA) is 58.1 Å². The summed E-state index contributed by atoms with van der Waals surface area (Å²) >= 11 is 3.38. The number of nitrogens with zero attached hydrogens (tertiary/aromatic N) is 3. The Morgan fingerprint density at radius 1 is 1.30 bits per heavy atom. The van der Waals surface area contributed by atoms with Crippen LogP contribution in [-0.2, 0) is 0 Å². The molecule has 104 valence electrons. The van der Waals surface area contributed by atoms with Crippen molar-refractivity contribution in [3.05, 3.63) is 46.2 Å². The van der Waals surface area contributed by atoms with Crippen LogP contribution in [-0.4, -0.2) is 30.0 Å². The van der Waals surface area contributed by atoms with Gasteiger partial charge in [-0.25, -0.2) is 9.97 Å². The van der Waals surface area contributed by atoms with Crippen molar-refractivity contribution in [1.29, 1.82) is 0 Å². The Morgan fingerprint density at radius 2 is 2.05 bits per heavy atom. The number of aryl methyl sites for hydroxylation is 1. The van der Waals surface area contributed by atoms with Crippen molar-refractivity contribution in [2.24, 2.45) is 0 Å². The van der Waals surface area contributed by atoms with Crippen LogP contribution < -0.4 is 10.2 Å². The number of nitrogens with one attached hydrogen (secondary N) is 1. The number of carbonyl (C=O) groups is 1. The molecule has 1 N–H and O–H groups in total. The second-order valence-corrected chi connectivity index (χ2v) is 5.37. The van der Waals surface area contributed by atoms with Gasteiger partial charge in [-0.3, -0.25) is 4.79 Å². The van der Waals surface area contributed by atoms with Crippen molar-refractivity contribution in [2.75, 3.05) is 24.3 Å². The minimum absolute atomic E-state index is 0.204. The summed E-state index contributed by atoms with van der Waals surface area (Å²) in [5.74, 6) is 1.06. The number of hydrogen-bond acceptors (Lipinski definition) is 4. The highest BCUT2D eigenvalue weighted by molar-refractivity contribution is 9.10. The summed E-state index contributed by atoms with van der Waals surface area (Å²) in [6, 6.07) is 7.02. The molecule has 0 spiro atoms. The van der Waals surface area contributed by atoms with Crippen molar-refractivity contribution in [1.82, 2.24) is 9.97 Å². The Bertz CT molecular complexity index is 643. The van der Waals surface area contributed by atoms with Gasteiger partial charge in [0.25, 0.3) is 5.91 Å². The van der Waals surface area contributed by atoms with Crippen LogP contribution in [0.1, 0.15) is 16.1 Å². The van der Waals surface area contributed by atoms with Gasteiger partial charge in [0.05, 0.1) is 5.69 Å². The third kappa shape index (κ3) is 3.33. The maximum atomic E-state index is 12.2. The van der Waals surface area contributed by atoms with Gasteiger partial charge in [0.1, 0.15) is 11.6 Å². The molecule has 0 bridgehead atoms. The van der Waals surface area contributed by atoms with Crippen LogP contribution in [0.25, 0.3) is 0 Å². The average molecular weight is 335 g/mol. The van der Waals surface area contributed by atoms with E-state index in [9.17, 15) is 4.79 Å². The van der Waals surface area contributed by atoms with Crippen LogP contribution in [0.4, 0.5) is 11.6 Å². The van der Waals surface area contributed by atoms with E-state index in [1.165, 1.54) is 0 Å². The van der Waals surface area contributed by atoms with Gasteiger partial charge in [0.2, 0.25) is 0 Å². The van der Waals surface area contributed by atoms with Gasteiger partial charge in [0.15, 0.2) is 0 Å². The monoisotopic (exact) mass is 334 g/mol. The van der Waals surface area contributed by atoms with E-state index in [4.69, 9.17) is 0 Å². The van der Waals surface area contributed by atoms with Gasteiger partial charge in [-0.2, -0.15) is 0 Å². The van der Waals surface area contributed by atoms with Crippen LogP contribution in [0, 0.1) is 6.92 Å². The fraction of sp³-hybridized carbons (Fsp3) is 0.214. The zero-order chi connectivity index (χ0) is 14.7. The molecule has 2 rings (SSSR count). The molecule has 0 saturated carbocycles. The van der Waals surface area contributed by atoms with Gasteiger partial charge in [-0.05, 0) is 47.1 Å². The summed E-state index contributed by atoms with van der Waals surface area (Å²) in [6.45, 7) is 1.87. The molecular formula is C14H15BrN4O. The molecule has 2 aromatic heterocycles. The Morgan fingerprint density at radius 3 is 2.70 bits per heavy atom. The molecule has 0 saturated heterocycles. The number of hydrogen-bond donors (Lipinski definition) is 1. The van der Waals surface area contributed by atoms with E-state index in [2.05, 4.69) is 31.2 Å². The summed E-state index contributed by atoms with van der Waals surface area (Å²) in [6.07, 6.45) is 1.62. The van der Waals surface area contributed by atoms with Crippen molar-refractivity contribution < 1.29 is 4.79 Å². The van der Waals surface area contributed by atoms with E-state index < -0.39 is 0 Å². The summed E-state index contributed by atoms with van der Waals surface area (Å²) in [4.78, 5) is 22.5. The zero-order valence-electron chi connectivity index (χ0n) is 11.5. The van der Waals surface area contributed by atoms with Crippen molar-refractivity contribution in [2.45, 2.75) is 6.92 Å². The lowest BCUT2D eigenvalue weighted by atomic mass is 10.2. The van der Waals surface area contributed by atoms with Crippen LogP contribution >= 0.6 is 15.9 Å². The molecule has 0 fully saturated rings. The molecule has 0 aliphatic rings. The van der Waals surface area contributed by atoms with E-state index in [0.29, 0.717) is 11.4 Å². The first-order valence-corrected chi connectivity index (χ1v) is 6.84. The van der Waals surface area contributed by atoms with Gasteiger partial charge < -0.3 is 10.2 Å². The predicted octanol–water partition coefficient (Wildman–Crippen LogP) is 2.87. The van der Waals surface area contributed by atoms with Crippen LogP contribution in [0.3, 0.4) is 0 Å². The Labute approximate surface area is 126 Å². The van der Waals surface area contributed by atoms with Gasteiger partial charge in [0, 0.05) is 30.3 Å². The van der Waals surface area contributed by atoms with Crippen molar-refractivity contribution in [3.8, 4) is 0 Å². The highest BCUT2D eigenvalue weighted by Gasteiger charge is 2.09. The number of halogens is 1. The second kappa shape index (κ2) is 6.00. The Balaban J connectivity index is 2.19. The molecule has 6 heteroatoms. The maximum absolute atomic E-state index is 12.2. The Hall–Kier alpha value is -1.95. The molecule has 0 aromatic carbocycles. The summed E-state index contributed by atoms with van der Waals surface area (Å²) in [5.41, 5.74) is 1.37. The quantitative estimate of drug-likeness (QED) is 0.937. The van der Waals surface area contributed by atoms with E-state index in [1.54, 1.807) is 24.4 Å². The lowest BCUT2D eigenvalue weighted by molar-refractivity contribution is 0.102. The molecule has 2 aromatic rings. The summed E-state index contributed by atoms with van der Waals surface area (Å²) in [5, 5.41) is 2.78. The number of aromatic nitrogens is 2. The van der Waals surface area contributed by atoms with E-state index in [1.807, 2.05) is 32.0 Å². The Kier molecular flexibility index (Phi) is 4.34. The van der Waals surface area contributed by atoms with E-state index in [0.717, 1.165) is 16.0 Å². The molecule has 5 nitrogen and oxygen atoms in total. The molecule has 0 unspecified atom stereocenters. The molecular weight excluding hydrogens is 320 g/mol. The van der Waals surface area contributed by atoms with Gasteiger partial charge >= 0.3 is 0 Å². The van der Waals surface area contributed by atoms with Crippen molar-refractivity contribution in [3.63, 3.8) is 0 Å². The lowest BCUT2D eigenvalue weighted by Gasteiger charge is -2.12. The normalized spacial score (nSPS) is 10.2. The first kappa shape index (κ1) is 14.5. The first-order valence-electron chi connectivity index (χ1n) is 6.05. The average Bonchev–Trinajstić information content (AvgIpc) is 2.43. The minimum Gasteiger partial charge on any atom is -0.363 e. The number of anilines is 2. The zero-order valence-corrected chi connectivity index (χ0v) is 13.1. The SMILES string of the molecule is Cc1nc(NC(=O)c2ccnc(N(C)C)c2)ccc1Br. The number of carbonyl (C=O) groups excluding carboxylic acids is 1. The first-order chi connectivity index (χ1) is 9.47. The third-order valence-electron chi connectivity index (χ3n) is 2.73. The third-order valence-corrected chi connectivity index (χ3v) is 3.57. The minimum atomic E-state index is -0.204. The number of pyridine rings is 2. The molecule has 0 atom stereocenters. The molecule has 2 heterocycles. The maximum Gasteiger partial charge on any atom is 0.257 e. The number of rotatable bonds is 3. The van der Waals surface area contributed by atoms with E-state index >= 15 is 0 Å². The smallest absolute Gasteiger partial charge is 0.257 e. The molecule has 20 heavy (non-hydrogen) atoms. The van der Waals surface area contributed by atoms with Crippen molar-refractivity contribution >= 4 is 33.5 Å². The largest absolute Gasteiger partial charge is 0.363 e. The fourth-order valence-electron chi connectivity index (χ4n) is 1.61. The van der Waals surface area contributed by atoms with E-state index in [-0.39, 0.29) is 5.91 Å². The summed E-state index contributed by atoms with van der Waals surface area (Å²) in [7, 11) is 3.76. The molecule has 0 aliphatic heterocycles. The predicted molar refractivity (Wildman–Crippen MR) is 83.2 cm³/mol. The fourth-order valence-corrected chi connectivity index (χ4v) is 1.83.